The van der Waals surface area contributed by atoms with Crippen molar-refractivity contribution in [3.05, 3.63) is 55.3 Å². The lowest BCUT2D eigenvalue weighted by molar-refractivity contribution is -0.336. The number of allylic oxidation sites excluding steroid dienone is 1. The van der Waals surface area contributed by atoms with E-state index in [0.29, 0.717) is 0 Å². The summed E-state index contributed by atoms with van der Waals surface area (Å²) >= 11 is 0. The zero-order valence-electron chi connectivity index (χ0n) is 17.7. The van der Waals surface area contributed by atoms with Crippen molar-refractivity contribution >= 4 is 11.7 Å². The van der Waals surface area contributed by atoms with E-state index >= 15 is 0 Å². The van der Waals surface area contributed by atoms with E-state index in [2.05, 4.69) is 14.9 Å². The molecule has 0 bridgehead atoms. The summed E-state index contributed by atoms with van der Waals surface area (Å²) in [5.74, 6) is 0.140. The second kappa shape index (κ2) is 11.0. The zero-order chi connectivity index (χ0) is 23.9. The van der Waals surface area contributed by atoms with Gasteiger partial charge in [0.15, 0.2) is 5.90 Å². The van der Waals surface area contributed by atoms with E-state index in [4.69, 9.17) is 9.47 Å². The first-order valence-corrected chi connectivity index (χ1v) is 9.57. The second-order valence-corrected chi connectivity index (χ2v) is 6.75. The summed E-state index contributed by atoms with van der Waals surface area (Å²) in [6.45, 7) is 2.98. The molecule has 0 saturated heterocycles. The third kappa shape index (κ3) is 6.99. The standard InChI is InChI=1S/C19H23F3N4O6/c1-12-16(25(3)18(28)26(17(12)27)8-10-30-9-7-23-29)24-13(2)31-14-5-4-6-15(11-14)32-19(20,21)22/h4-5,11,15H,6-10H2,1-3H3/b24-13+. The first kappa shape index (κ1) is 25.2. The van der Waals surface area contributed by atoms with Gasteiger partial charge >= 0.3 is 12.1 Å². The summed E-state index contributed by atoms with van der Waals surface area (Å²) in [5.41, 5.74) is -1.05. The molecule has 1 aliphatic carbocycles. The van der Waals surface area contributed by atoms with E-state index in [-0.39, 0.29) is 55.8 Å². The molecule has 2 rings (SSSR count). The van der Waals surface area contributed by atoms with Crippen molar-refractivity contribution in [2.75, 3.05) is 19.8 Å². The number of aromatic nitrogens is 2. The summed E-state index contributed by atoms with van der Waals surface area (Å²) in [5, 5.41) is 2.64. The second-order valence-electron chi connectivity index (χ2n) is 6.75. The number of rotatable bonds is 9. The van der Waals surface area contributed by atoms with Gasteiger partial charge in [0.25, 0.3) is 5.56 Å². The number of hydrogen-bond acceptors (Lipinski definition) is 8. The first-order valence-electron chi connectivity index (χ1n) is 9.57. The highest BCUT2D eigenvalue weighted by Crippen LogP contribution is 2.24. The van der Waals surface area contributed by atoms with Gasteiger partial charge in [-0.05, 0) is 25.5 Å². The van der Waals surface area contributed by atoms with Crippen LogP contribution in [0.2, 0.25) is 0 Å². The summed E-state index contributed by atoms with van der Waals surface area (Å²) < 4.78 is 54.0. The van der Waals surface area contributed by atoms with Crippen molar-refractivity contribution in [3.8, 4) is 0 Å². The van der Waals surface area contributed by atoms with E-state index in [1.54, 1.807) is 0 Å². The van der Waals surface area contributed by atoms with Gasteiger partial charge < -0.3 is 9.47 Å². The number of alkyl halides is 3. The molecule has 1 unspecified atom stereocenters. The SMILES string of the molecule is C/C(=N\c1c(C)c(=O)n(CCOCCN=O)c(=O)n1C)OC1=CC(OC(F)(F)F)CC=C1. The molecule has 1 aromatic heterocycles. The molecule has 10 nitrogen and oxygen atoms in total. The highest BCUT2D eigenvalue weighted by atomic mass is 19.4. The third-order valence-electron chi connectivity index (χ3n) is 4.34. The Morgan fingerprint density at radius 2 is 2.00 bits per heavy atom. The van der Waals surface area contributed by atoms with Crippen LogP contribution >= 0.6 is 0 Å². The van der Waals surface area contributed by atoms with E-state index < -0.39 is 23.7 Å². The molecular formula is C19H23F3N4O6. The molecule has 0 amide bonds. The molecule has 0 N–H and O–H groups in total. The minimum Gasteiger partial charge on any atom is -0.443 e. The Balaban J connectivity index is 2.20. The van der Waals surface area contributed by atoms with E-state index in [9.17, 15) is 27.7 Å². The van der Waals surface area contributed by atoms with Crippen LogP contribution in [0, 0.1) is 11.8 Å². The minimum absolute atomic E-state index is 0.00787. The largest absolute Gasteiger partial charge is 0.523 e. The lowest BCUT2D eigenvalue weighted by Crippen LogP contribution is -2.41. The van der Waals surface area contributed by atoms with Gasteiger partial charge in [-0.1, -0.05) is 11.3 Å². The van der Waals surface area contributed by atoms with Gasteiger partial charge in [-0.25, -0.2) is 4.79 Å². The van der Waals surface area contributed by atoms with Crippen LogP contribution in [0.15, 0.2) is 43.7 Å². The molecule has 0 saturated carbocycles. The van der Waals surface area contributed by atoms with Gasteiger partial charge in [-0.15, -0.1) is 13.2 Å². The Labute approximate surface area is 180 Å². The maximum absolute atomic E-state index is 12.6. The van der Waals surface area contributed by atoms with Crippen molar-refractivity contribution in [1.82, 2.24) is 9.13 Å². The fraction of sp³-hybridized carbons (Fsp3) is 0.526. The van der Waals surface area contributed by atoms with Crippen molar-refractivity contribution in [2.24, 2.45) is 17.2 Å². The molecule has 0 aliphatic heterocycles. The fourth-order valence-corrected chi connectivity index (χ4v) is 2.91. The van der Waals surface area contributed by atoms with Crippen LogP contribution < -0.4 is 11.2 Å². The monoisotopic (exact) mass is 460 g/mol. The molecule has 13 heteroatoms. The number of ether oxygens (including phenoxy) is 3. The smallest absolute Gasteiger partial charge is 0.443 e. The highest BCUT2D eigenvalue weighted by Gasteiger charge is 2.33. The topological polar surface area (TPSA) is 113 Å². The van der Waals surface area contributed by atoms with Gasteiger partial charge in [0, 0.05) is 14.0 Å². The van der Waals surface area contributed by atoms with E-state index in [1.165, 1.54) is 33.0 Å². The van der Waals surface area contributed by atoms with Crippen LogP contribution in [0.5, 0.6) is 0 Å². The molecule has 0 spiro atoms. The molecule has 0 aromatic carbocycles. The highest BCUT2D eigenvalue weighted by molar-refractivity contribution is 5.77. The van der Waals surface area contributed by atoms with E-state index in [0.717, 1.165) is 15.2 Å². The van der Waals surface area contributed by atoms with Gasteiger partial charge in [0.2, 0.25) is 0 Å². The molecule has 1 aromatic rings. The van der Waals surface area contributed by atoms with Crippen molar-refractivity contribution in [2.45, 2.75) is 39.3 Å². The van der Waals surface area contributed by atoms with E-state index in [1.807, 2.05) is 0 Å². The minimum atomic E-state index is -4.78. The number of halogens is 3. The molecule has 1 aliphatic rings. The third-order valence-corrected chi connectivity index (χ3v) is 4.34. The number of hydrogen-bond donors (Lipinski definition) is 0. The summed E-state index contributed by atoms with van der Waals surface area (Å²) in [4.78, 5) is 39.4. The Kier molecular flexibility index (Phi) is 8.66. The molecule has 176 valence electrons. The van der Waals surface area contributed by atoms with Crippen LogP contribution in [0.25, 0.3) is 0 Å². The summed E-state index contributed by atoms with van der Waals surface area (Å²) in [6, 6.07) is 0. The Morgan fingerprint density at radius 3 is 2.66 bits per heavy atom. The van der Waals surface area contributed by atoms with Crippen LogP contribution in [0.4, 0.5) is 19.0 Å². The Morgan fingerprint density at radius 1 is 1.28 bits per heavy atom. The average Bonchev–Trinajstić information content (AvgIpc) is 2.71. The van der Waals surface area contributed by atoms with Crippen LogP contribution in [-0.2, 0) is 27.8 Å². The lowest BCUT2D eigenvalue weighted by atomic mass is 10.1. The van der Waals surface area contributed by atoms with Crippen LogP contribution in [-0.4, -0.2) is 47.3 Å². The summed E-state index contributed by atoms with van der Waals surface area (Å²) in [6.07, 6.45) is -1.88. The van der Waals surface area contributed by atoms with Gasteiger partial charge in [-0.2, -0.15) is 9.90 Å². The van der Waals surface area contributed by atoms with Gasteiger partial charge in [0.1, 0.15) is 18.1 Å². The van der Waals surface area contributed by atoms with Gasteiger partial charge in [-0.3, -0.25) is 18.7 Å². The normalized spacial score (nSPS) is 16.8. The Bertz CT molecular complexity index is 1000. The van der Waals surface area contributed by atoms with Gasteiger partial charge in [0.05, 0.1) is 31.4 Å². The molecule has 0 radical (unpaired) electrons. The molecule has 1 atom stereocenters. The fourth-order valence-electron chi connectivity index (χ4n) is 2.91. The van der Waals surface area contributed by atoms with Crippen molar-refractivity contribution in [3.63, 3.8) is 0 Å². The molecule has 1 heterocycles. The zero-order valence-corrected chi connectivity index (χ0v) is 17.7. The maximum atomic E-state index is 12.6. The average molecular weight is 460 g/mol. The predicted octanol–water partition coefficient (Wildman–Crippen LogP) is 2.45. The number of nitrogens with zero attached hydrogens (tertiary/aromatic N) is 4. The lowest BCUT2D eigenvalue weighted by Gasteiger charge is -2.19. The maximum Gasteiger partial charge on any atom is 0.523 e. The summed E-state index contributed by atoms with van der Waals surface area (Å²) in [7, 11) is 1.42. The Hall–Kier alpha value is -3.06. The predicted molar refractivity (Wildman–Crippen MR) is 109 cm³/mol. The van der Waals surface area contributed by atoms with Crippen molar-refractivity contribution in [1.29, 1.82) is 0 Å². The van der Waals surface area contributed by atoms with Crippen LogP contribution in [0.3, 0.4) is 0 Å². The number of aliphatic imine (C=N–C) groups is 1. The molecule has 0 fully saturated rings. The molecule has 32 heavy (non-hydrogen) atoms. The number of nitroso groups, excluding NO2 is 1. The van der Waals surface area contributed by atoms with Crippen LogP contribution in [0.1, 0.15) is 18.9 Å². The molecular weight excluding hydrogens is 437 g/mol. The quantitative estimate of drug-likeness (QED) is 0.242. The first-order chi connectivity index (χ1) is 15.0. The van der Waals surface area contributed by atoms with Crippen molar-refractivity contribution < 1.29 is 27.4 Å².